The van der Waals surface area contributed by atoms with E-state index in [-0.39, 0.29) is 12.6 Å². The van der Waals surface area contributed by atoms with Crippen LogP contribution in [0.15, 0.2) is 0 Å². The lowest BCUT2D eigenvalue weighted by Gasteiger charge is -2.34. The Bertz CT molecular complexity index is 200. The van der Waals surface area contributed by atoms with Gasteiger partial charge in [-0.05, 0) is 6.42 Å². The first-order chi connectivity index (χ1) is 5.59. The molecule has 2 aliphatic rings. The van der Waals surface area contributed by atoms with Crippen molar-refractivity contribution >= 4 is 0 Å². The SMILES string of the molecule is OC[C@H]1N[C@@H]2C[C@]2(O)[C@@H](O)[C@@H]1O. The van der Waals surface area contributed by atoms with Crippen molar-refractivity contribution in [2.75, 3.05) is 6.61 Å². The van der Waals surface area contributed by atoms with Crippen LogP contribution in [-0.2, 0) is 0 Å². The molecule has 0 spiro atoms. The van der Waals surface area contributed by atoms with E-state index in [4.69, 9.17) is 5.11 Å². The number of aliphatic hydroxyl groups is 4. The molecule has 70 valence electrons. The Kier molecular flexibility index (Phi) is 1.68. The maximum absolute atomic E-state index is 9.55. The molecule has 1 heterocycles. The monoisotopic (exact) mass is 175 g/mol. The molecule has 5 atom stereocenters. The topological polar surface area (TPSA) is 93.0 Å². The highest BCUT2D eigenvalue weighted by molar-refractivity contribution is 5.20. The smallest absolute Gasteiger partial charge is 0.112 e. The molecule has 0 amide bonds. The minimum absolute atomic E-state index is 0.173. The summed E-state index contributed by atoms with van der Waals surface area (Å²) in [6.45, 7) is -0.231. The summed E-state index contributed by atoms with van der Waals surface area (Å²) >= 11 is 0. The van der Waals surface area contributed by atoms with E-state index in [9.17, 15) is 15.3 Å². The summed E-state index contributed by atoms with van der Waals surface area (Å²) in [6.07, 6.45) is -1.78. The minimum atomic E-state index is -1.16. The van der Waals surface area contributed by atoms with Crippen molar-refractivity contribution in [3.63, 3.8) is 0 Å². The standard InChI is InChI=1S/C7H13NO4/c9-2-3-5(10)6(11)7(12)1-4(7)8-3/h3-6,8-12H,1-2H2/t3-,4-,5-,6+,7-/m1/s1. The molecule has 0 unspecified atom stereocenters. The summed E-state index contributed by atoms with van der Waals surface area (Å²) in [5.41, 5.74) is -1.16. The average Bonchev–Trinajstić information content (AvgIpc) is 2.71. The fourth-order valence-electron chi connectivity index (χ4n) is 1.83. The summed E-state index contributed by atoms with van der Waals surface area (Å²) in [5, 5.41) is 39.9. The van der Waals surface area contributed by atoms with Crippen LogP contribution in [0.2, 0.25) is 0 Å². The van der Waals surface area contributed by atoms with Crippen LogP contribution < -0.4 is 5.32 Å². The van der Waals surface area contributed by atoms with Gasteiger partial charge < -0.3 is 25.7 Å². The van der Waals surface area contributed by atoms with Crippen LogP contribution in [0, 0.1) is 0 Å². The lowest BCUT2D eigenvalue weighted by molar-refractivity contribution is -0.112. The van der Waals surface area contributed by atoms with Crippen molar-refractivity contribution in [1.82, 2.24) is 5.32 Å². The third-order valence-corrected chi connectivity index (χ3v) is 2.83. The van der Waals surface area contributed by atoms with Gasteiger partial charge in [0, 0.05) is 6.04 Å². The Morgan fingerprint density at radius 2 is 2.08 bits per heavy atom. The number of hydrogen-bond donors (Lipinski definition) is 5. The van der Waals surface area contributed by atoms with Gasteiger partial charge in [-0.15, -0.1) is 0 Å². The molecular formula is C7H13NO4. The summed E-state index contributed by atoms with van der Waals surface area (Å²) < 4.78 is 0. The van der Waals surface area contributed by atoms with Gasteiger partial charge in [0.15, 0.2) is 0 Å². The Hall–Kier alpha value is -0.200. The highest BCUT2D eigenvalue weighted by Crippen LogP contribution is 2.44. The van der Waals surface area contributed by atoms with Gasteiger partial charge in [0.1, 0.15) is 17.8 Å². The van der Waals surface area contributed by atoms with Crippen molar-refractivity contribution in [2.45, 2.75) is 36.3 Å². The number of hydrogen-bond acceptors (Lipinski definition) is 5. The third kappa shape index (κ3) is 0.915. The van der Waals surface area contributed by atoms with E-state index in [1.807, 2.05) is 0 Å². The Labute approximate surface area is 69.6 Å². The Morgan fingerprint density at radius 1 is 1.42 bits per heavy atom. The zero-order chi connectivity index (χ0) is 8.93. The van der Waals surface area contributed by atoms with Crippen LogP contribution >= 0.6 is 0 Å². The van der Waals surface area contributed by atoms with E-state index < -0.39 is 23.9 Å². The molecule has 1 saturated heterocycles. The van der Waals surface area contributed by atoms with Crippen molar-refractivity contribution in [3.8, 4) is 0 Å². The maximum atomic E-state index is 9.55. The molecule has 0 aromatic heterocycles. The van der Waals surface area contributed by atoms with Gasteiger partial charge in [0.25, 0.3) is 0 Å². The normalized spacial score (nSPS) is 58.0. The summed E-state index contributed by atoms with van der Waals surface area (Å²) in [5.74, 6) is 0. The molecule has 0 radical (unpaired) electrons. The molecule has 1 saturated carbocycles. The van der Waals surface area contributed by atoms with Gasteiger partial charge in [-0.25, -0.2) is 0 Å². The summed E-state index contributed by atoms with van der Waals surface area (Å²) in [6, 6.07) is -0.694. The highest BCUT2D eigenvalue weighted by Gasteiger charge is 2.64. The van der Waals surface area contributed by atoms with Crippen LogP contribution in [0.25, 0.3) is 0 Å². The van der Waals surface area contributed by atoms with Crippen LogP contribution in [0.5, 0.6) is 0 Å². The molecule has 0 aromatic rings. The zero-order valence-electron chi connectivity index (χ0n) is 6.51. The number of fused-ring (bicyclic) bond motifs is 1. The number of rotatable bonds is 1. The van der Waals surface area contributed by atoms with E-state index in [1.165, 1.54) is 0 Å². The lowest BCUT2D eigenvalue weighted by Crippen LogP contribution is -2.60. The average molecular weight is 175 g/mol. The first-order valence-corrected chi connectivity index (χ1v) is 4.05. The molecule has 2 rings (SSSR count). The number of nitrogens with one attached hydrogen (secondary N) is 1. The fraction of sp³-hybridized carbons (Fsp3) is 1.00. The van der Waals surface area contributed by atoms with E-state index in [0.717, 1.165) is 0 Å². The molecule has 5 N–H and O–H groups in total. The predicted octanol–water partition coefficient (Wildman–Crippen LogP) is -2.82. The van der Waals surface area contributed by atoms with Crippen molar-refractivity contribution in [1.29, 1.82) is 0 Å². The van der Waals surface area contributed by atoms with Gasteiger partial charge in [-0.1, -0.05) is 0 Å². The molecule has 1 aliphatic carbocycles. The van der Waals surface area contributed by atoms with E-state index in [0.29, 0.717) is 6.42 Å². The van der Waals surface area contributed by atoms with E-state index in [1.54, 1.807) is 0 Å². The van der Waals surface area contributed by atoms with E-state index >= 15 is 0 Å². The van der Waals surface area contributed by atoms with E-state index in [2.05, 4.69) is 5.32 Å². The molecule has 1 aliphatic heterocycles. The van der Waals surface area contributed by atoms with Crippen molar-refractivity contribution in [3.05, 3.63) is 0 Å². The summed E-state index contributed by atoms with van der Waals surface area (Å²) in [7, 11) is 0. The van der Waals surface area contributed by atoms with Gasteiger partial charge in [0.2, 0.25) is 0 Å². The molecule has 0 bridgehead atoms. The fourth-order valence-corrected chi connectivity index (χ4v) is 1.83. The second-order valence-electron chi connectivity index (χ2n) is 3.64. The van der Waals surface area contributed by atoms with Gasteiger partial charge in [0.05, 0.1) is 12.6 Å². The number of piperidine rings is 1. The van der Waals surface area contributed by atoms with Crippen molar-refractivity contribution < 1.29 is 20.4 Å². The first-order valence-electron chi connectivity index (χ1n) is 4.05. The third-order valence-electron chi connectivity index (χ3n) is 2.83. The molecule has 5 nitrogen and oxygen atoms in total. The predicted molar refractivity (Wildman–Crippen MR) is 39.4 cm³/mol. The minimum Gasteiger partial charge on any atom is -0.395 e. The highest BCUT2D eigenvalue weighted by atomic mass is 16.4. The van der Waals surface area contributed by atoms with Crippen LogP contribution in [0.4, 0.5) is 0 Å². The maximum Gasteiger partial charge on any atom is 0.112 e. The first kappa shape index (κ1) is 8.40. The molecule has 0 aromatic carbocycles. The van der Waals surface area contributed by atoms with Crippen LogP contribution in [0.1, 0.15) is 6.42 Å². The van der Waals surface area contributed by atoms with Gasteiger partial charge in [-0.3, -0.25) is 0 Å². The lowest BCUT2D eigenvalue weighted by atomic mass is 9.96. The Balaban J connectivity index is 2.11. The quantitative estimate of drug-likeness (QED) is 0.296. The molecular weight excluding hydrogens is 162 g/mol. The largest absolute Gasteiger partial charge is 0.395 e. The van der Waals surface area contributed by atoms with Gasteiger partial charge in [-0.2, -0.15) is 0 Å². The molecule has 2 fully saturated rings. The second-order valence-corrected chi connectivity index (χ2v) is 3.64. The zero-order valence-corrected chi connectivity index (χ0v) is 6.51. The number of aliphatic hydroxyl groups excluding tert-OH is 3. The van der Waals surface area contributed by atoms with Gasteiger partial charge >= 0.3 is 0 Å². The van der Waals surface area contributed by atoms with Crippen LogP contribution in [0.3, 0.4) is 0 Å². The summed E-state index contributed by atoms with van der Waals surface area (Å²) in [4.78, 5) is 0. The Morgan fingerprint density at radius 3 is 2.67 bits per heavy atom. The molecule has 12 heavy (non-hydrogen) atoms. The second kappa shape index (κ2) is 2.40. The van der Waals surface area contributed by atoms with Crippen molar-refractivity contribution in [2.24, 2.45) is 0 Å². The molecule has 5 heteroatoms. The van der Waals surface area contributed by atoms with Crippen LogP contribution in [-0.4, -0.2) is 56.9 Å².